The van der Waals surface area contributed by atoms with Gasteiger partial charge in [-0.25, -0.2) is 0 Å². The Labute approximate surface area is 151 Å². The molecular formula is C21H19N3O2. The van der Waals surface area contributed by atoms with E-state index < -0.39 is 5.56 Å². The molecule has 1 aliphatic carbocycles. The van der Waals surface area contributed by atoms with Gasteiger partial charge >= 0.3 is 0 Å². The van der Waals surface area contributed by atoms with Crippen molar-refractivity contribution in [1.82, 2.24) is 14.9 Å². The maximum atomic E-state index is 12.9. The van der Waals surface area contributed by atoms with Gasteiger partial charge in [0.15, 0.2) is 0 Å². The highest BCUT2D eigenvalue weighted by Gasteiger charge is 2.29. The highest BCUT2D eigenvalue weighted by Crippen LogP contribution is 2.35. The molecule has 0 unspecified atom stereocenters. The quantitative estimate of drug-likeness (QED) is 0.793. The third-order valence-electron chi connectivity index (χ3n) is 4.97. The number of hydrogen-bond donors (Lipinski definition) is 1. The Morgan fingerprint density at radius 3 is 2.69 bits per heavy atom. The lowest BCUT2D eigenvalue weighted by molar-refractivity contribution is 0.0729. The molecule has 130 valence electrons. The summed E-state index contributed by atoms with van der Waals surface area (Å²) < 4.78 is 0. The smallest absolute Gasteiger partial charge is 0.261 e. The van der Waals surface area contributed by atoms with Gasteiger partial charge in [-0.2, -0.15) is 0 Å². The van der Waals surface area contributed by atoms with Gasteiger partial charge in [0.2, 0.25) is 0 Å². The monoisotopic (exact) mass is 345 g/mol. The lowest BCUT2D eigenvalue weighted by Gasteiger charge is -2.25. The van der Waals surface area contributed by atoms with Crippen molar-refractivity contribution in [2.24, 2.45) is 0 Å². The third kappa shape index (κ3) is 2.81. The highest BCUT2D eigenvalue weighted by molar-refractivity contribution is 5.94. The predicted octanol–water partition coefficient (Wildman–Crippen LogP) is 3.20. The first-order valence-corrected chi connectivity index (χ1v) is 8.65. The van der Waals surface area contributed by atoms with Gasteiger partial charge < -0.3 is 9.88 Å². The minimum atomic E-state index is -0.392. The van der Waals surface area contributed by atoms with Gasteiger partial charge in [-0.05, 0) is 48.2 Å². The Balaban J connectivity index is 1.62. The fourth-order valence-electron chi connectivity index (χ4n) is 3.58. The molecule has 5 nitrogen and oxygen atoms in total. The molecule has 1 amide bonds. The van der Waals surface area contributed by atoms with Crippen molar-refractivity contribution >= 4 is 5.91 Å². The standard InChI is InChI=1S/C21H19N3O2/c1-24(19-12-9-14-6-2-3-7-15(14)19)21(26)16-10-11-18(23-20(16)25)17-8-4-5-13-22-17/h2-8,10-11,13,19H,9,12H2,1H3,(H,23,25)/t19-/m1/s1. The lowest BCUT2D eigenvalue weighted by atomic mass is 10.1. The van der Waals surface area contributed by atoms with Crippen LogP contribution in [0.4, 0.5) is 0 Å². The number of H-pyrrole nitrogens is 1. The Morgan fingerprint density at radius 1 is 1.12 bits per heavy atom. The molecule has 1 aliphatic rings. The van der Waals surface area contributed by atoms with Crippen LogP contribution in [0.1, 0.15) is 33.9 Å². The van der Waals surface area contributed by atoms with E-state index in [9.17, 15) is 9.59 Å². The van der Waals surface area contributed by atoms with Gasteiger partial charge in [0.1, 0.15) is 5.56 Å². The normalized spacial score (nSPS) is 15.5. The van der Waals surface area contributed by atoms with Gasteiger partial charge in [-0.1, -0.05) is 30.3 Å². The molecule has 0 fully saturated rings. The summed E-state index contributed by atoms with van der Waals surface area (Å²) in [7, 11) is 1.77. The molecular weight excluding hydrogens is 326 g/mol. The number of carbonyl (C=O) groups excluding carboxylic acids is 1. The molecule has 0 saturated heterocycles. The molecule has 1 aromatic carbocycles. The van der Waals surface area contributed by atoms with E-state index in [0.29, 0.717) is 11.4 Å². The first-order valence-electron chi connectivity index (χ1n) is 8.65. The summed E-state index contributed by atoms with van der Waals surface area (Å²) in [6.45, 7) is 0. The Bertz CT molecular complexity index is 1010. The topological polar surface area (TPSA) is 66.1 Å². The SMILES string of the molecule is CN(C(=O)c1ccc(-c2ccccn2)[nH]c1=O)[C@@H]1CCc2ccccc21. The van der Waals surface area contributed by atoms with Gasteiger partial charge in [-0.15, -0.1) is 0 Å². The van der Waals surface area contributed by atoms with Crippen LogP contribution in [0.25, 0.3) is 11.4 Å². The first-order chi connectivity index (χ1) is 12.6. The fourth-order valence-corrected chi connectivity index (χ4v) is 3.58. The number of aromatic nitrogens is 2. The number of nitrogens with zero attached hydrogens (tertiary/aromatic N) is 2. The average Bonchev–Trinajstić information content (AvgIpc) is 3.11. The first kappa shape index (κ1) is 16.3. The second-order valence-corrected chi connectivity index (χ2v) is 6.50. The molecule has 0 bridgehead atoms. The molecule has 0 radical (unpaired) electrons. The fraction of sp³-hybridized carbons (Fsp3) is 0.190. The van der Waals surface area contributed by atoms with Crippen LogP contribution < -0.4 is 5.56 Å². The minimum Gasteiger partial charge on any atom is -0.334 e. The lowest BCUT2D eigenvalue weighted by Crippen LogP contribution is -2.34. The van der Waals surface area contributed by atoms with Crippen LogP contribution in [-0.4, -0.2) is 27.8 Å². The summed E-state index contributed by atoms with van der Waals surface area (Å²) >= 11 is 0. The third-order valence-corrected chi connectivity index (χ3v) is 4.97. The largest absolute Gasteiger partial charge is 0.334 e. The Kier molecular flexibility index (Phi) is 4.13. The van der Waals surface area contributed by atoms with Crippen molar-refractivity contribution in [3.05, 3.63) is 87.8 Å². The molecule has 0 spiro atoms. The van der Waals surface area contributed by atoms with Crippen molar-refractivity contribution < 1.29 is 4.79 Å². The van der Waals surface area contributed by atoms with Gasteiger partial charge in [0, 0.05) is 13.2 Å². The zero-order valence-electron chi connectivity index (χ0n) is 14.5. The van der Waals surface area contributed by atoms with E-state index in [1.807, 2.05) is 30.3 Å². The highest BCUT2D eigenvalue weighted by atomic mass is 16.2. The number of pyridine rings is 2. The van der Waals surface area contributed by atoms with Crippen LogP contribution in [0.2, 0.25) is 0 Å². The van der Waals surface area contributed by atoms with Crippen LogP contribution in [0.3, 0.4) is 0 Å². The molecule has 2 aromatic heterocycles. The molecule has 5 heteroatoms. The number of hydrogen-bond acceptors (Lipinski definition) is 3. The molecule has 0 aliphatic heterocycles. The van der Waals surface area contributed by atoms with E-state index in [2.05, 4.69) is 22.1 Å². The van der Waals surface area contributed by atoms with Crippen molar-refractivity contribution in [2.75, 3.05) is 7.05 Å². The number of amides is 1. The molecule has 1 N–H and O–H groups in total. The summed E-state index contributed by atoms with van der Waals surface area (Å²) in [5.74, 6) is -0.263. The van der Waals surface area contributed by atoms with Gasteiger partial charge in [0.25, 0.3) is 11.5 Å². The van der Waals surface area contributed by atoms with Crippen molar-refractivity contribution in [3.63, 3.8) is 0 Å². The van der Waals surface area contributed by atoms with Crippen molar-refractivity contribution in [2.45, 2.75) is 18.9 Å². The Morgan fingerprint density at radius 2 is 1.92 bits per heavy atom. The maximum absolute atomic E-state index is 12.9. The summed E-state index contributed by atoms with van der Waals surface area (Å²) in [4.78, 5) is 34.1. The van der Waals surface area contributed by atoms with E-state index in [-0.39, 0.29) is 17.5 Å². The summed E-state index contributed by atoms with van der Waals surface area (Å²) in [5.41, 5.74) is 3.47. The van der Waals surface area contributed by atoms with E-state index in [1.165, 1.54) is 11.1 Å². The summed E-state index contributed by atoms with van der Waals surface area (Å²) in [6, 6.07) is 17.0. The van der Waals surface area contributed by atoms with E-state index in [1.54, 1.807) is 30.3 Å². The maximum Gasteiger partial charge on any atom is 0.261 e. The minimum absolute atomic E-state index is 0.00793. The molecule has 26 heavy (non-hydrogen) atoms. The van der Waals surface area contributed by atoms with Gasteiger partial charge in [0.05, 0.1) is 17.4 Å². The van der Waals surface area contributed by atoms with E-state index in [4.69, 9.17) is 0 Å². The average molecular weight is 345 g/mol. The van der Waals surface area contributed by atoms with Crippen LogP contribution in [0, 0.1) is 0 Å². The summed E-state index contributed by atoms with van der Waals surface area (Å²) in [6.07, 6.45) is 3.50. The number of carbonyl (C=O) groups is 1. The summed E-state index contributed by atoms with van der Waals surface area (Å²) in [5, 5.41) is 0. The van der Waals surface area contributed by atoms with E-state index >= 15 is 0 Å². The number of aryl methyl sites for hydroxylation is 1. The van der Waals surface area contributed by atoms with E-state index in [0.717, 1.165) is 12.8 Å². The second kappa shape index (κ2) is 6.59. The molecule has 4 rings (SSSR count). The molecule has 2 heterocycles. The second-order valence-electron chi connectivity index (χ2n) is 6.50. The molecule has 3 aromatic rings. The number of benzene rings is 1. The van der Waals surface area contributed by atoms with Gasteiger partial charge in [-0.3, -0.25) is 14.6 Å². The number of nitrogens with one attached hydrogen (secondary N) is 1. The number of fused-ring (bicyclic) bond motifs is 1. The zero-order chi connectivity index (χ0) is 18.1. The zero-order valence-corrected chi connectivity index (χ0v) is 14.5. The number of aromatic amines is 1. The van der Waals surface area contributed by atoms with Crippen LogP contribution in [-0.2, 0) is 6.42 Å². The molecule has 0 saturated carbocycles. The van der Waals surface area contributed by atoms with Crippen LogP contribution >= 0.6 is 0 Å². The molecule has 1 atom stereocenters. The van der Waals surface area contributed by atoms with Crippen molar-refractivity contribution in [3.8, 4) is 11.4 Å². The number of rotatable bonds is 3. The van der Waals surface area contributed by atoms with Crippen LogP contribution in [0.5, 0.6) is 0 Å². The van der Waals surface area contributed by atoms with Crippen LogP contribution in [0.15, 0.2) is 65.6 Å². The predicted molar refractivity (Wildman–Crippen MR) is 99.9 cm³/mol. The van der Waals surface area contributed by atoms with Crippen molar-refractivity contribution in [1.29, 1.82) is 0 Å². The Hall–Kier alpha value is -3.21.